The number of nitrogens with two attached hydrogens (primary N) is 1. The summed E-state index contributed by atoms with van der Waals surface area (Å²) in [5, 5.41) is 1.10. The maximum absolute atomic E-state index is 5.79. The van der Waals surface area contributed by atoms with Gasteiger partial charge in [0.25, 0.3) is 0 Å². The Hall–Kier alpha value is -1.77. The first kappa shape index (κ1) is 13.7. The first-order chi connectivity index (χ1) is 9.13. The van der Waals surface area contributed by atoms with Crippen LogP contribution >= 0.6 is 0 Å². The monoisotopic (exact) mass is 257 g/mol. The van der Waals surface area contributed by atoms with Crippen molar-refractivity contribution < 1.29 is 0 Å². The predicted octanol–water partition coefficient (Wildman–Crippen LogP) is 3.69. The van der Waals surface area contributed by atoms with Crippen molar-refractivity contribution in [2.75, 3.05) is 23.7 Å². The number of anilines is 2. The van der Waals surface area contributed by atoms with Gasteiger partial charge in [0.15, 0.2) is 0 Å². The largest absolute Gasteiger partial charge is 0.399 e. The topological polar surface area (TPSA) is 42.1 Å². The number of aromatic nitrogens is 1. The molecule has 0 radical (unpaired) electrons. The Balaban J connectivity index is 2.30. The van der Waals surface area contributed by atoms with E-state index in [9.17, 15) is 0 Å². The second-order valence-corrected chi connectivity index (χ2v) is 5.17. The number of benzene rings is 1. The van der Waals surface area contributed by atoms with Crippen molar-refractivity contribution in [2.45, 2.75) is 27.2 Å². The molecule has 2 rings (SSSR count). The van der Waals surface area contributed by atoms with Crippen molar-refractivity contribution in [3.8, 4) is 0 Å². The van der Waals surface area contributed by atoms with Crippen molar-refractivity contribution in [3.63, 3.8) is 0 Å². The van der Waals surface area contributed by atoms with E-state index in [0.717, 1.165) is 35.5 Å². The Bertz CT molecular complexity index is 551. The lowest BCUT2D eigenvalue weighted by Gasteiger charge is -2.25. The lowest BCUT2D eigenvalue weighted by Crippen LogP contribution is -2.28. The Morgan fingerprint density at radius 2 is 2.00 bits per heavy atom. The standard InChI is InChI=1S/C16H23N3/c1-4-12(3)11-19(5-2)16-9-6-13-10-14(17)7-8-15(13)18-16/h6-10,12H,4-5,11,17H2,1-3H3. The molecule has 102 valence electrons. The van der Waals surface area contributed by atoms with Gasteiger partial charge < -0.3 is 10.6 Å². The van der Waals surface area contributed by atoms with Crippen LogP contribution in [0.4, 0.5) is 11.5 Å². The van der Waals surface area contributed by atoms with Gasteiger partial charge in [-0.2, -0.15) is 0 Å². The summed E-state index contributed by atoms with van der Waals surface area (Å²) in [7, 11) is 0. The van der Waals surface area contributed by atoms with Crippen LogP contribution in [0, 0.1) is 5.92 Å². The minimum atomic E-state index is 0.684. The fraction of sp³-hybridized carbons (Fsp3) is 0.438. The van der Waals surface area contributed by atoms with Crippen LogP contribution in [0.25, 0.3) is 10.9 Å². The maximum atomic E-state index is 5.79. The van der Waals surface area contributed by atoms with E-state index in [0.29, 0.717) is 5.92 Å². The predicted molar refractivity (Wildman–Crippen MR) is 83.5 cm³/mol. The van der Waals surface area contributed by atoms with Crippen molar-refractivity contribution in [1.29, 1.82) is 0 Å². The van der Waals surface area contributed by atoms with Crippen molar-refractivity contribution >= 4 is 22.4 Å². The van der Waals surface area contributed by atoms with Gasteiger partial charge in [0.1, 0.15) is 5.82 Å². The lowest BCUT2D eigenvalue weighted by atomic mass is 10.1. The Morgan fingerprint density at radius 3 is 2.68 bits per heavy atom. The molecule has 19 heavy (non-hydrogen) atoms. The highest BCUT2D eigenvalue weighted by Crippen LogP contribution is 2.21. The Labute approximate surface area is 115 Å². The third kappa shape index (κ3) is 3.16. The van der Waals surface area contributed by atoms with E-state index in [1.165, 1.54) is 6.42 Å². The minimum absolute atomic E-state index is 0.684. The summed E-state index contributed by atoms with van der Waals surface area (Å²) in [6.45, 7) is 8.73. The lowest BCUT2D eigenvalue weighted by molar-refractivity contribution is 0.546. The fourth-order valence-electron chi connectivity index (χ4n) is 2.20. The van der Waals surface area contributed by atoms with Gasteiger partial charge in [-0.25, -0.2) is 4.98 Å². The van der Waals surface area contributed by atoms with Crippen LogP contribution in [0.5, 0.6) is 0 Å². The van der Waals surface area contributed by atoms with Crippen LogP contribution < -0.4 is 10.6 Å². The van der Waals surface area contributed by atoms with Gasteiger partial charge in [-0.3, -0.25) is 0 Å². The van der Waals surface area contributed by atoms with E-state index in [1.54, 1.807) is 0 Å². The second kappa shape index (κ2) is 5.91. The molecular weight excluding hydrogens is 234 g/mol. The van der Waals surface area contributed by atoms with Crippen LogP contribution in [0.15, 0.2) is 30.3 Å². The number of pyridine rings is 1. The van der Waals surface area contributed by atoms with E-state index in [-0.39, 0.29) is 0 Å². The first-order valence-corrected chi connectivity index (χ1v) is 7.05. The van der Waals surface area contributed by atoms with Crippen LogP contribution in [-0.4, -0.2) is 18.1 Å². The van der Waals surface area contributed by atoms with Gasteiger partial charge in [0.05, 0.1) is 5.52 Å². The smallest absolute Gasteiger partial charge is 0.129 e. The molecule has 0 aliphatic heterocycles. The zero-order valence-corrected chi connectivity index (χ0v) is 12.1. The van der Waals surface area contributed by atoms with Crippen LogP contribution in [0.3, 0.4) is 0 Å². The normalized spacial score (nSPS) is 12.6. The third-order valence-electron chi connectivity index (χ3n) is 3.63. The SMILES string of the molecule is CCC(C)CN(CC)c1ccc2cc(N)ccc2n1. The molecule has 0 saturated carbocycles. The molecule has 0 spiro atoms. The molecule has 0 amide bonds. The highest BCUT2D eigenvalue weighted by atomic mass is 15.2. The van der Waals surface area contributed by atoms with E-state index >= 15 is 0 Å². The summed E-state index contributed by atoms with van der Waals surface area (Å²) < 4.78 is 0. The molecule has 0 aliphatic carbocycles. The highest BCUT2D eigenvalue weighted by Gasteiger charge is 2.10. The van der Waals surface area contributed by atoms with E-state index < -0.39 is 0 Å². The molecule has 0 aliphatic rings. The molecule has 0 fully saturated rings. The average Bonchev–Trinajstić information content (AvgIpc) is 2.43. The van der Waals surface area contributed by atoms with E-state index in [2.05, 4.69) is 37.8 Å². The molecule has 1 aromatic carbocycles. The minimum Gasteiger partial charge on any atom is -0.399 e. The van der Waals surface area contributed by atoms with Gasteiger partial charge in [-0.1, -0.05) is 20.3 Å². The molecule has 0 bridgehead atoms. The highest BCUT2D eigenvalue weighted by molar-refractivity contribution is 5.83. The van der Waals surface area contributed by atoms with Crippen LogP contribution in [0.1, 0.15) is 27.2 Å². The number of nitrogens with zero attached hydrogens (tertiary/aromatic N) is 2. The number of fused-ring (bicyclic) bond motifs is 1. The summed E-state index contributed by atoms with van der Waals surface area (Å²) in [6.07, 6.45) is 1.20. The zero-order valence-electron chi connectivity index (χ0n) is 12.1. The molecule has 3 nitrogen and oxygen atoms in total. The van der Waals surface area contributed by atoms with Crippen molar-refractivity contribution in [3.05, 3.63) is 30.3 Å². The first-order valence-electron chi connectivity index (χ1n) is 7.05. The number of rotatable bonds is 5. The summed E-state index contributed by atoms with van der Waals surface area (Å²) in [5.41, 5.74) is 7.59. The molecule has 1 heterocycles. The summed E-state index contributed by atoms with van der Waals surface area (Å²) >= 11 is 0. The van der Waals surface area contributed by atoms with Gasteiger partial charge >= 0.3 is 0 Å². The summed E-state index contributed by atoms with van der Waals surface area (Å²) in [5.74, 6) is 1.74. The van der Waals surface area contributed by atoms with Crippen molar-refractivity contribution in [1.82, 2.24) is 4.98 Å². The molecule has 2 aromatic rings. The van der Waals surface area contributed by atoms with Crippen LogP contribution in [0.2, 0.25) is 0 Å². The molecule has 2 N–H and O–H groups in total. The van der Waals surface area contributed by atoms with Gasteiger partial charge in [0.2, 0.25) is 0 Å². The second-order valence-electron chi connectivity index (χ2n) is 5.17. The molecular formula is C16H23N3. The molecule has 0 saturated heterocycles. The summed E-state index contributed by atoms with van der Waals surface area (Å²) in [6, 6.07) is 10.1. The van der Waals surface area contributed by atoms with Gasteiger partial charge in [0, 0.05) is 24.2 Å². The molecule has 1 atom stereocenters. The van der Waals surface area contributed by atoms with E-state index in [1.807, 2.05) is 18.2 Å². The Morgan fingerprint density at radius 1 is 1.21 bits per heavy atom. The number of nitrogen functional groups attached to an aromatic ring is 1. The molecule has 1 aromatic heterocycles. The van der Waals surface area contributed by atoms with Crippen molar-refractivity contribution in [2.24, 2.45) is 5.92 Å². The average molecular weight is 257 g/mol. The summed E-state index contributed by atoms with van der Waals surface area (Å²) in [4.78, 5) is 7.08. The van der Waals surface area contributed by atoms with E-state index in [4.69, 9.17) is 10.7 Å². The maximum Gasteiger partial charge on any atom is 0.129 e. The molecule has 3 heteroatoms. The molecule has 1 unspecified atom stereocenters. The fourth-order valence-corrected chi connectivity index (χ4v) is 2.20. The third-order valence-corrected chi connectivity index (χ3v) is 3.63. The zero-order chi connectivity index (χ0) is 13.8. The number of hydrogen-bond donors (Lipinski definition) is 1. The number of hydrogen-bond acceptors (Lipinski definition) is 3. The van der Waals surface area contributed by atoms with Crippen LogP contribution in [-0.2, 0) is 0 Å². The quantitative estimate of drug-likeness (QED) is 0.831. The van der Waals surface area contributed by atoms with Gasteiger partial charge in [-0.15, -0.1) is 0 Å². The van der Waals surface area contributed by atoms with Gasteiger partial charge in [-0.05, 0) is 43.2 Å². The Kier molecular flexibility index (Phi) is 4.25.